The molecule has 5 nitrogen and oxygen atoms in total. The van der Waals surface area contributed by atoms with Crippen LogP contribution in [0.2, 0.25) is 0 Å². The van der Waals surface area contributed by atoms with Gasteiger partial charge >= 0.3 is 0 Å². The molecule has 5 heteroatoms. The Morgan fingerprint density at radius 1 is 1.26 bits per heavy atom. The number of amides is 1. The molecule has 3 rings (SSSR count). The van der Waals surface area contributed by atoms with E-state index < -0.39 is 0 Å². The summed E-state index contributed by atoms with van der Waals surface area (Å²) in [6.45, 7) is 0. The van der Waals surface area contributed by atoms with Crippen LogP contribution in [-0.2, 0) is 4.79 Å². The molecule has 1 amide bonds. The van der Waals surface area contributed by atoms with Crippen LogP contribution >= 0.6 is 0 Å². The molecule has 1 aliphatic rings. The van der Waals surface area contributed by atoms with E-state index in [0.717, 1.165) is 18.0 Å². The molecule has 0 radical (unpaired) electrons. The van der Waals surface area contributed by atoms with Gasteiger partial charge in [-0.05, 0) is 24.5 Å². The summed E-state index contributed by atoms with van der Waals surface area (Å²) >= 11 is 0. The minimum absolute atomic E-state index is 0.0635. The number of rotatable bonds is 6. The highest BCUT2D eigenvalue weighted by Crippen LogP contribution is 2.28. The summed E-state index contributed by atoms with van der Waals surface area (Å²) in [5.74, 6) is 1.84. The summed E-state index contributed by atoms with van der Waals surface area (Å²) in [6, 6.07) is 7.32. The maximum Gasteiger partial charge on any atom is 0.237 e. The number of nitrogens with one attached hydrogen (secondary N) is 1. The molecular weight excluding hydrogens is 290 g/mol. The molecule has 23 heavy (non-hydrogen) atoms. The SMILES string of the molecule is O=C(CCC1CCCC1)Nc1cccc(Oc2cnccn2)c1. The Bertz CT molecular complexity index is 640. The molecule has 1 aliphatic carbocycles. The second-order valence-corrected chi connectivity index (χ2v) is 5.91. The van der Waals surface area contributed by atoms with Gasteiger partial charge in [-0.1, -0.05) is 31.7 Å². The Balaban J connectivity index is 1.53. The zero-order chi connectivity index (χ0) is 15.9. The van der Waals surface area contributed by atoms with Crippen molar-refractivity contribution in [2.24, 2.45) is 5.92 Å². The third kappa shape index (κ3) is 4.77. The molecule has 2 aromatic rings. The van der Waals surface area contributed by atoms with Crippen molar-refractivity contribution in [3.8, 4) is 11.6 Å². The lowest BCUT2D eigenvalue weighted by atomic mass is 10.0. The first-order chi connectivity index (χ1) is 11.3. The van der Waals surface area contributed by atoms with Crippen LogP contribution in [0.15, 0.2) is 42.9 Å². The van der Waals surface area contributed by atoms with Crippen molar-refractivity contribution >= 4 is 11.6 Å². The van der Waals surface area contributed by atoms with Crippen molar-refractivity contribution in [2.45, 2.75) is 38.5 Å². The highest BCUT2D eigenvalue weighted by atomic mass is 16.5. The van der Waals surface area contributed by atoms with E-state index >= 15 is 0 Å². The first-order valence-corrected chi connectivity index (χ1v) is 8.13. The van der Waals surface area contributed by atoms with Gasteiger partial charge in [-0.3, -0.25) is 9.78 Å². The van der Waals surface area contributed by atoms with E-state index in [1.54, 1.807) is 24.7 Å². The van der Waals surface area contributed by atoms with E-state index in [2.05, 4.69) is 15.3 Å². The van der Waals surface area contributed by atoms with Gasteiger partial charge in [-0.2, -0.15) is 0 Å². The van der Waals surface area contributed by atoms with Gasteiger partial charge in [0, 0.05) is 30.6 Å². The molecule has 1 aromatic heterocycles. The molecule has 0 saturated heterocycles. The number of carbonyl (C=O) groups excluding carboxylic acids is 1. The maximum atomic E-state index is 12.1. The Labute approximate surface area is 136 Å². The average molecular weight is 311 g/mol. The zero-order valence-electron chi connectivity index (χ0n) is 13.1. The predicted molar refractivity (Wildman–Crippen MR) is 88.4 cm³/mol. The lowest BCUT2D eigenvalue weighted by Crippen LogP contribution is -2.12. The van der Waals surface area contributed by atoms with Crippen LogP contribution < -0.4 is 10.1 Å². The molecule has 120 valence electrons. The third-order valence-corrected chi connectivity index (χ3v) is 4.13. The molecule has 1 saturated carbocycles. The highest BCUT2D eigenvalue weighted by Gasteiger charge is 2.16. The first kappa shape index (κ1) is 15.5. The third-order valence-electron chi connectivity index (χ3n) is 4.13. The molecule has 0 atom stereocenters. The van der Waals surface area contributed by atoms with Crippen molar-refractivity contribution in [2.75, 3.05) is 5.32 Å². The molecule has 0 bridgehead atoms. The number of benzene rings is 1. The number of aromatic nitrogens is 2. The van der Waals surface area contributed by atoms with Gasteiger partial charge in [0.15, 0.2) is 0 Å². The largest absolute Gasteiger partial charge is 0.437 e. The molecule has 0 spiro atoms. The topological polar surface area (TPSA) is 64.1 Å². The predicted octanol–water partition coefficient (Wildman–Crippen LogP) is 4.18. The van der Waals surface area contributed by atoms with Crippen LogP contribution in [0.4, 0.5) is 5.69 Å². The average Bonchev–Trinajstić information content (AvgIpc) is 3.08. The van der Waals surface area contributed by atoms with Gasteiger partial charge in [0.2, 0.25) is 11.8 Å². The Morgan fingerprint density at radius 3 is 2.91 bits per heavy atom. The van der Waals surface area contributed by atoms with E-state index in [4.69, 9.17) is 4.74 Å². The van der Waals surface area contributed by atoms with Gasteiger partial charge in [0.05, 0.1) is 6.20 Å². The lowest BCUT2D eigenvalue weighted by Gasteiger charge is -2.10. The number of anilines is 1. The number of hydrogen-bond donors (Lipinski definition) is 1. The number of nitrogens with zero attached hydrogens (tertiary/aromatic N) is 2. The number of hydrogen-bond acceptors (Lipinski definition) is 4. The van der Waals surface area contributed by atoms with E-state index in [9.17, 15) is 4.79 Å². The molecule has 1 aromatic carbocycles. The number of ether oxygens (including phenoxy) is 1. The highest BCUT2D eigenvalue weighted by molar-refractivity contribution is 5.90. The van der Waals surface area contributed by atoms with Crippen LogP contribution in [0.3, 0.4) is 0 Å². The summed E-state index contributed by atoms with van der Waals surface area (Å²) in [5.41, 5.74) is 0.739. The molecule has 0 unspecified atom stereocenters. The van der Waals surface area contributed by atoms with Crippen LogP contribution in [-0.4, -0.2) is 15.9 Å². The summed E-state index contributed by atoms with van der Waals surface area (Å²) in [7, 11) is 0. The van der Waals surface area contributed by atoms with Crippen LogP contribution in [0.1, 0.15) is 38.5 Å². The fraction of sp³-hybridized carbons (Fsp3) is 0.389. The quantitative estimate of drug-likeness (QED) is 0.869. The van der Waals surface area contributed by atoms with Gasteiger partial charge in [-0.25, -0.2) is 4.98 Å². The van der Waals surface area contributed by atoms with E-state index in [1.165, 1.54) is 25.7 Å². The molecular formula is C18H21N3O2. The summed E-state index contributed by atoms with van der Waals surface area (Å²) in [4.78, 5) is 20.1. The minimum Gasteiger partial charge on any atom is -0.437 e. The summed E-state index contributed by atoms with van der Waals surface area (Å²) in [6.07, 6.45) is 11.5. The Hall–Kier alpha value is -2.43. The van der Waals surface area contributed by atoms with Crippen molar-refractivity contribution in [3.05, 3.63) is 42.9 Å². The smallest absolute Gasteiger partial charge is 0.237 e. The lowest BCUT2D eigenvalue weighted by molar-refractivity contribution is -0.116. The van der Waals surface area contributed by atoms with Crippen LogP contribution in [0.5, 0.6) is 11.6 Å². The monoisotopic (exact) mass is 311 g/mol. The van der Waals surface area contributed by atoms with Gasteiger partial charge in [-0.15, -0.1) is 0 Å². The van der Waals surface area contributed by atoms with E-state index in [1.807, 2.05) is 18.2 Å². The van der Waals surface area contributed by atoms with Gasteiger partial charge < -0.3 is 10.1 Å². The minimum atomic E-state index is 0.0635. The van der Waals surface area contributed by atoms with E-state index in [0.29, 0.717) is 18.1 Å². The fourth-order valence-corrected chi connectivity index (χ4v) is 2.95. The number of carbonyl (C=O) groups is 1. The van der Waals surface area contributed by atoms with Crippen molar-refractivity contribution < 1.29 is 9.53 Å². The van der Waals surface area contributed by atoms with Crippen molar-refractivity contribution in [3.63, 3.8) is 0 Å². The Kier molecular flexibility index (Phi) is 5.19. The molecule has 1 fully saturated rings. The van der Waals surface area contributed by atoms with Crippen LogP contribution in [0, 0.1) is 5.92 Å². The molecule has 1 heterocycles. The van der Waals surface area contributed by atoms with Gasteiger partial charge in [0.1, 0.15) is 5.75 Å². The second kappa shape index (κ2) is 7.72. The Morgan fingerprint density at radius 2 is 2.13 bits per heavy atom. The second-order valence-electron chi connectivity index (χ2n) is 5.91. The molecule has 1 N–H and O–H groups in total. The van der Waals surface area contributed by atoms with Gasteiger partial charge in [0.25, 0.3) is 0 Å². The maximum absolute atomic E-state index is 12.1. The first-order valence-electron chi connectivity index (χ1n) is 8.13. The van der Waals surface area contributed by atoms with E-state index in [-0.39, 0.29) is 5.91 Å². The zero-order valence-corrected chi connectivity index (χ0v) is 13.1. The van der Waals surface area contributed by atoms with Crippen molar-refractivity contribution in [1.29, 1.82) is 0 Å². The van der Waals surface area contributed by atoms with Crippen molar-refractivity contribution in [1.82, 2.24) is 9.97 Å². The van der Waals surface area contributed by atoms with Crippen LogP contribution in [0.25, 0.3) is 0 Å². The standard InChI is InChI=1S/C18H21N3O2/c22-17(9-8-14-4-1-2-5-14)21-15-6-3-7-16(12-15)23-18-13-19-10-11-20-18/h3,6-7,10-14H,1-2,4-5,8-9H2,(H,21,22). The normalized spacial score (nSPS) is 14.6. The summed E-state index contributed by atoms with van der Waals surface area (Å²) in [5, 5.41) is 2.94. The fourth-order valence-electron chi connectivity index (χ4n) is 2.95. The summed E-state index contributed by atoms with van der Waals surface area (Å²) < 4.78 is 5.62. The molecule has 0 aliphatic heterocycles.